The lowest BCUT2D eigenvalue weighted by atomic mass is 9.41. The summed E-state index contributed by atoms with van der Waals surface area (Å²) in [6.45, 7) is 13.4. The average molecular weight is 642 g/mol. The van der Waals surface area contributed by atoms with Crippen molar-refractivity contribution in [2.24, 2.45) is 56.7 Å². The Morgan fingerprint density at radius 2 is 1.70 bits per heavy atom. The van der Waals surface area contributed by atoms with Crippen LogP contribution in [0.25, 0.3) is 0 Å². The fourth-order valence-electron chi connectivity index (χ4n) is 13.9. The number of rotatable bonds is 7. The summed E-state index contributed by atoms with van der Waals surface area (Å²) in [7, 11) is 0. The Bertz CT molecular complexity index is 1250. The second kappa shape index (κ2) is 10.7. The monoisotopic (exact) mass is 641 g/mol. The third-order valence-electron chi connectivity index (χ3n) is 16.3. The minimum atomic E-state index is -0.546. The van der Waals surface area contributed by atoms with Gasteiger partial charge >= 0.3 is 0 Å². The quantitative estimate of drug-likeness (QED) is 0.398. The van der Waals surface area contributed by atoms with E-state index in [0.29, 0.717) is 55.2 Å². The van der Waals surface area contributed by atoms with E-state index in [-0.39, 0.29) is 70.3 Å². The summed E-state index contributed by atoms with van der Waals surface area (Å²) in [4.78, 5) is 27.0. The number of fused-ring (bicyclic) bond motifs is 4. The van der Waals surface area contributed by atoms with Crippen molar-refractivity contribution in [1.82, 2.24) is 4.90 Å². The Labute approximate surface area is 275 Å². The van der Waals surface area contributed by atoms with Gasteiger partial charge in [0.1, 0.15) is 6.61 Å². The molecule has 8 nitrogen and oxygen atoms in total. The van der Waals surface area contributed by atoms with Crippen LogP contribution in [0, 0.1) is 56.7 Å². The Kier molecular flexibility index (Phi) is 7.49. The molecule has 258 valence electrons. The molecular formula is C38H59NO7. The van der Waals surface area contributed by atoms with Crippen LogP contribution in [-0.2, 0) is 23.8 Å². The average Bonchev–Trinajstić information content (AvgIpc) is 3.94. The number of carbonyl (C=O) groups is 2. The van der Waals surface area contributed by atoms with Crippen molar-refractivity contribution in [1.29, 1.82) is 0 Å². The number of Topliss-reactive ketones (excluding diaryl/α,β-unsaturated/α-hetero) is 1. The molecular weight excluding hydrogens is 582 g/mol. The third kappa shape index (κ3) is 4.34. The zero-order chi connectivity index (χ0) is 32.4. The standard InChI is InChI=1S/C38H59NO7/c1-22-16-25(18-24(41)20-40)45-32-31(22)35(4)12-13-38-21-37(38)11-10-28(34(2,3)26(37)8-9-27(38)36(35,5)33(32)43)46-30-19-39(14-15-44-30)29(42)17-23-6-7-23/h22-23,25-28,30-33,40,43H,6-21H2,1-5H3/t22-,25-,26+,27+,28+,30+,31+,32+,33+,35-,36-,37?,38+/m1/s1. The highest BCUT2D eigenvalue weighted by molar-refractivity contribution is 5.79. The van der Waals surface area contributed by atoms with Crippen LogP contribution in [0.3, 0.4) is 0 Å². The van der Waals surface area contributed by atoms with Gasteiger partial charge in [0, 0.05) is 24.8 Å². The highest BCUT2D eigenvalue weighted by Crippen LogP contribution is 2.89. The van der Waals surface area contributed by atoms with Gasteiger partial charge in [-0.3, -0.25) is 9.59 Å². The van der Waals surface area contributed by atoms with Gasteiger partial charge < -0.3 is 29.3 Å². The molecule has 8 rings (SSSR count). The van der Waals surface area contributed by atoms with Crippen LogP contribution in [0.2, 0.25) is 0 Å². The third-order valence-corrected chi connectivity index (χ3v) is 16.3. The first kappa shape index (κ1) is 32.2. The molecule has 1 unspecified atom stereocenters. The number of carbonyl (C=O) groups excluding carboxylic acids is 2. The first-order chi connectivity index (χ1) is 21.8. The molecule has 2 heterocycles. The Morgan fingerprint density at radius 3 is 2.43 bits per heavy atom. The predicted octanol–water partition coefficient (Wildman–Crippen LogP) is 5.12. The second-order valence-electron chi connectivity index (χ2n) is 18.5. The summed E-state index contributed by atoms with van der Waals surface area (Å²) in [5.41, 5.74) is 0.336. The van der Waals surface area contributed by atoms with Crippen molar-refractivity contribution in [2.75, 3.05) is 26.3 Å². The van der Waals surface area contributed by atoms with Crippen LogP contribution in [0.1, 0.15) is 112 Å². The Balaban J connectivity index is 0.999. The van der Waals surface area contributed by atoms with E-state index in [9.17, 15) is 19.8 Å². The number of hydrogen-bond donors (Lipinski definition) is 2. The van der Waals surface area contributed by atoms with Gasteiger partial charge in [-0.1, -0.05) is 34.6 Å². The summed E-state index contributed by atoms with van der Waals surface area (Å²) in [5.74, 6) is 2.36. The number of aliphatic hydroxyl groups is 2. The number of nitrogens with zero attached hydrogens (tertiary/aromatic N) is 1. The molecule has 6 saturated carbocycles. The van der Waals surface area contributed by atoms with Gasteiger partial charge in [-0.25, -0.2) is 0 Å². The molecule has 2 N–H and O–H groups in total. The minimum Gasteiger partial charge on any atom is -0.390 e. The molecule has 0 aromatic heterocycles. The molecule has 8 fully saturated rings. The van der Waals surface area contributed by atoms with Gasteiger partial charge in [-0.15, -0.1) is 0 Å². The first-order valence-corrected chi connectivity index (χ1v) is 18.8. The van der Waals surface area contributed by atoms with Crippen molar-refractivity contribution in [3.8, 4) is 0 Å². The van der Waals surface area contributed by atoms with Crippen molar-refractivity contribution >= 4 is 11.7 Å². The van der Waals surface area contributed by atoms with Crippen molar-refractivity contribution < 1.29 is 34.0 Å². The lowest BCUT2D eigenvalue weighted by molar-refractivity contribution is -0.248. The molecule has 6 aliphatic carbocycles. The number of hydrogen-bond acceptors (Lipinski definition) is 7. The summed E-state index contributed by atoms with van der Waals surface area (Å²) in [5, 5.41) is 21.7. The highest BCUT2D eigenvalue weighted by atomic mass is 16.7. The number of morpholine rings is 1. The van der Waals surface area contributed by atoms with Gasteiger partial charge in [-0.2, -0.15) is 0 Å². The molecule has 2 saturated heterocycles. The largest absolute Gasteiger partial charge is 0.390 e. The first-order valence-electron chi connectivity index (χ1n) is 18.8. The zero-order valence-electron chi connectivity index (χ0n) is 29.0. The lowest BCUT2D eigenvalue weighted by Crippen LogP contribution is -2.60. The van der Waals surface area contributed by atoms with Crippen molar-refractivity contribution in [3.63, 3.8) is 0 Å². The highest BCUT2D eigenvalue weighted by Gasteiger charge is 2.84. The second-order valence-corrected chi connectivity index (χ2v) is 18.5. The van der Waals surface area contributed by atoms with E-state index >= 15 is 0 Å². The van der Waals surface area contributed by atoms with E-state index < -0.39 is 12.7 Å². The van der Waals surface area contributed by atoms with Crippen molar-refractivity contribution in [2.45, 2.75) is 142 Å². The SMILES string of the molecule is C[C@@H]1C[C@H](CC(=O)CO)O[C@H]2[C@H]1[C@@]1(C)CC[C@@]34CC35CC[C@H](O[C@H]3CN(C(=O)CC6CC6)CCO3)C(C)(C)[C@@H]5CC[C@H]4[C@]1(C)[C@H]2O. The van der Waals surface area contributed by atoms with Crippen molar-refractivity contribution in [3.05, 3.63) is 0 Å². The van der Waals surface area contributed by atoms with Gasteiger partial charge in [0.05, 0.1) is 37.6 Å². The van der Waals surface area contributed by atoms with E-state index in [1.807, 2.05) is 4.90 Å². The molecule has 2 spiro atoms. The molecule has 0 aromatic rings. The Hall–Kier alpha value is -1.06. The van der Waals surface area contributed by atoms with Gasteiger partial charge in [-0.05, 0) is 115 Å². The van der Waals surface area contributed by atoms with Crippen LogP contribution in [0.5, 0.6) is 0 Å². The van der Waals surface area contributed by atoms with E-state index in [0.717, 1.165) is 32.1 Å². The van der Waals surface area contributed by atoms with E-state index in [2.05, 4.69) is 34.6 Å². The maximum atomic E-state index is 12.9. The van der Waals surface area contributed by atoms with E-state index in [1.54, 1.807) is 0 Å². The van der Waals surface area contributed by atoms with Crippen LogP contribution in [0.4, 0.5) is 0 Å². The van der Waals surface area contributed by atoms with Crippen LogP contribution in [-0.4, -0.2) is 83.8 Å². The number of aliphatic hydroxyl groups excluding tert-OH is 2. The van der Waals surface area contributed by atoms with Gasteiger partial charge in [0.15, 0.2) is 12.1 Å². The van der Waals surface area contributed by atoms with Gasteiger partial charge in [0.2, 0.25) is 5.91 Å². The molecule has 2 aliphatic heterocycles. The molecule has 8 aliphatic rings. The topological polar surface area (TPSA) is 106 Å². The number of ether oxygens (including phenoxy) is 3. The van der Waals surface area contributed by atoms with Crippen LogP contribution < -0.4 is 0 Å². The fourth-order valence-corrected chi connectivity index (χ4v) is 13.9. The number of amides is 1. The molecule has 0 radical (unpaired) electrons. The van der Waals surface area contributed by atoms with E-state index in [1.165, 1.54) is 32.1 Å². The molecule has 13 atom stereocenters. The lowest BCUT2D eigenvalue weighted by Gasteiger charge is -2.64. The molecule has 0 aromatic carbocycles. The molecule has 1 amide bonds. The molecule has 8 heteroatoms. The molecule has 46 heavy (non-hydrogen) atoms. The summed E-state index contributed by atoms with van der Waals surface area (Å²) >= 11 is 0. The summed E-state index contributed by atoms with van der Waals surface area (Å²) in [6.07, 6.45) is 11.0. The van der Waals surface area contributed by atoms with Crippen LogP contribution in [0.15, 0.2) is 0 Å². The summed E-state index contributed by atoms with van der Waals surface area (Å²) < 4.78 is 19.6. The normalized spacial score (nSPS) is 52.1. The maximum absolute atomic E-state index is 12.9. The van der Waals surface area contributed by atoms with Gasteiger partial charge in [0.25, 0.3) is 0 Å². The fraction of sp³-hybridized carbons (Fsp3) is 0.947. The number of ketones is 1. The summed E-state index contributed by atoms with van der Waals surface area (Å²) in [6, 6.07) is 0. The Morgan fingerprint density at radius 1 is 0.957 bits per heavy atom. The smallest absolute Gasteiger partial charge is 0.223 e. The van der Waals surface area contributed by atoms with Crippen LogP contribution >= 0.6 is 0 Å². The maximum Gasteiger partial charge on any atom is 0.223 e. The minimum absolute atomic E-state index is 0.00437. The predicted molar refractivity (Wildman–Crippen MR) is 171 cm³/mol. The van der Waals surface area contributed by atoms with E-state index in [4.69, 9.17) is 14.2 Å². The zero-order valence-corrected chi connectivity index (χ0v) is 29.0. The molecule has 0 bridgehead atoms.